The highest BCUT2D eigenvalue weighted by Gasteiger charge is 2.23. The van der Waals surface area contributed by atoms with Gasteiger partial charge in [-0.05, 0) is 52.4 Å². The Kier molecular flexibility index (Phi) is 5.57. The van der Waals surface area contributed by atoms with Gasteiger partial charge in [-0.3, -0.25) is 9.69 Å². The van der Waals surface area contributed by atoms with E-state index in [1.807, 2.05) is 4.90 Å². The fourth-order valence-electron chi connectivity index (χ4n) is 3.33. The Morgan fingerprint density at radius 2 is 1.52 bits per heavy atom. The van der Waals surface area contributed by atoms with Crippen molar-refractivity contribution < 1.29 is 13.6 Å². The summed E-state index contributed by atoms with van der Waals surface area (Å²) >= 11 is 0. The molecule has 0 saturated carbocycles. The first kappa shape index (κ1) is 19.1. The van der Waals surface area contributed by atoms with Gasteiger partial charge in [0.15, 0.2) is 5.82 Å². The van der Waals surface area contributed by atoms with Crippen molar-refractivity contribution in [3.05, 3.63) is 71.6 Å². The molecule has 1 aromatic heterocycles. The fraction of sp³-hybridized carbons (Fsp3) is 0.300. The zero-order chi connectivity index (χ0) is 20.2. The van der Waals surface area contributed by atoms with E-state index in [1.54, 1.807) is 28.9 Å². The van der Waals surface area contributed by atoms with Crippen molar-refractivity contribution in [3.63, 3.8) is 0 Å². The van der Waals surface area contributed by atoms with Gasteiger partial charge in [-0.25, -0.2) is 8.78 Å². The summed E-state index contributed by atoms with van der Waals surface area (Å²) in [5.74, 6) is 0.0673. The third kappa shape index (κ3) is 4.62. The van der Waals surface area contributed by atoms with E-state index in [-0.39, 0.29) is 24.0 Å². The third-order valence-corrected chi connectivity index (χ3v) is 4.96. The number of halogens is 2. The number of benzene rings is 2. The van der Waals surface area contributed by atoms with E-state index in [0.717, 1.165) is 5.56 Å². The van der Waals surface area contributed by atoms with Gasteiger partial charge in [-0.2, -0.15) is 4.68 Å². The van der Waals surface area contributed by atoms with Crippen LogP contribution in [0.1, 0.15) is 11.4 Å². The molecule has 0 radical (unpaired) electrons. The van der Waals surface area contributed by atoms with Crippen LogP contribution in [0.15, 0.2) is 48.5 Å². The van der Waals surface area contributed by atoms with Crippen molar-refractivity contribution in [1.82, 2.24) is 30.0 Å². The number of piperazine rings is 1. The van der Waals surface area contributed by atoms with Crippen LogP contribution in [-0.4, -0.2) is 62.1 Å². The zero-order valence-electron chi connectivity index (χ0n) is 15.7. The first-order valence-corrected chi connectivity index (χ1v) is 9.36. The van der Waals surface area contributed by atoms with E-state index in [1.165, 1.54) is 24.3 Å². The molecule has 1 amide bonds. The van der Waals surface area contributed by atoms with E-state index >= 15 is 0 Å². The minimum Gasteiger partial charge on any atom is -0.340 e. The van der Waals surface area contributed by atoms with Gasteiger partial charge < -0.3 is 4.90 Å². The lowest BCUT2D eigenvalue weighted by Gasteiger charge is -2.34. The van der Waals surface area contributed by atoms with Crippen LogP contribution in [0.25, 0.3) is 5.69 Å². The standard InChI is InChI=1S/C20H20F2N6O/c21-16-3-1-15(2-4-16)13-20(29)27-11-9-26(10-12-27)14-19-23-24-25-28(19)18-7-5-17(22)6-8-18/h1-8H,9-14H2. The Morgan fingerprint density at radius 3 is 2.17 bits per heavy atom. The summed E-state index contributed by atoms with van der Waals surface area (Å²) in [6.45, 7) is 3.15. The minimum absolute atomic E-state index is 0.0346. The van der Waals surface area contributed by atoms with E-state index < -0.39 is 0 Å². The summed E-state index contributed by atoms with van der Waals surface area (Å²) in [5.41, 5.74) is 1.50. The fourth-order valence-corrected chi connectivity index (χ4v) is 3.33. The highest BCUT2D eigenvalue weighted by molar-refractivity contribution is 5.78. The van der Waals surface area contributed by atoms with Gasteiger partial charge in [0, 0.05) is 26.2 Å². The molecule has 7 nitrogen and oxygen atoms in total. The van der Waals surface area contributed by atoms with E-state index in [4.69, 9.17) is 0 Å². The molecule has 9 heteroatoms. The SMILES string of the molecule is O=C(Cc1ccc(F)cc1)N1CCN(Cc2nnnn2-c2ccc(F)cc2)CC1. The molecule has 2 aromatic carbocycles. The Balaban J connectivity index is 1.32. The summed E-state index contributed by atoms with van der Waals surface area (Å²) < 4.78 is 27.7. The van der Waals surface area contributed by atoms with Crippen molar-refractivity contribution >= 4 is 5.91 Å². The van der Waals surface area contributed by atoms with Crippen molar-refractivity contribution in [1.29, 1.82) is 0 Å². The van der Waals surface area contributed by atoms with Gasteiger partial charge in [0.1, 0.15) is 11.6 Å². The van der Waals surface area contributed by atoms with Crippen LogP contribution in [0.3, 0.4) is 0 Å². The van der Waals surface area contributed by atoms with Gasteiger partial charge in [0.2, 0.25) is 5.91 Å². The summed E-state index contributed by atoms with van der Waals surface area (Å²) in [6, 6.07) is 12.0. The molecule has 3 aromatic rings. The van der Waals surface area contributed by atoms with Gasteiger partial charge in [-0.1, -0.05) is 12.1 Å². The normalized spacial score (nSPS) is 14.9. The molecule has 1 aliphatic heterocycles. The molecule has 1 fully saturated rings. The number of hydrogen-bond acceptors (Lipinski definition) is 5. The van der Waals surface area contributed by atoms with E-state index in [2.05, 4.69) is 20.4 Å². The number of tetrazole rings is 1. The first-order chi connectivity index (χ1) is 14.1. The predicted molar refractivity (Wildman–Crippen MR) is 101 cm³/mol. The maximum atomic E-state index is 13.1. The van der Waals surface area contributed by atoms with Crippen molar-refractivity contribution in [3.8, 4) is 5.69 Å². The van der Waals surface area contributed by atoms with E-state index in [9.17, 15) is 13.6 Å². The van der Waals surface area contributed by atoms with Crippen LogP contribution in [0.2, 0.25) is 0 Å². The van der Waals surface area contributed by atoms with Crippen LogP contribution in [-0.2, 0) is 17.8 Å². The monoisotopic (exact) mass is 398 g/mol. The Bertz CT molecular complexity index is 965. The topological polar surface area (TPSA) is 67.2 Å². The molecule has 1 saturated heterocycles. The number of amides is 1. The highest BCUT2D eigenvalue weighted by Crippen LogP contribution is 2.13. The second-order valence-electron chi connectivity index (χ2n) is 6.94. The molecular formula is C20H20F2N6O. The van der Waals surface area contributed by atoms with Gasteiger partial charge in [0.05, 0.1) is 18.7 Å². The van der Waals surface area contributed by atoms with Gasteiger partial charge in [0.25, 0.3) is 0 Å². The molecule has 0 bridgehead atoms. The lowest BCUT2D eigenvalue weighted by molar-refractivity contribution is -0.132. The minimum atomic E-state index is -0.315. The van der Waals surface area contributed by atoms with Crippen molar-refractivity contribution in [2.75, 3.05) is 26.2 Å². The Labute approximate surface area is 166 Å². The molecule has 2 heterocycles. The lowest BCUT2D eigenvalue weighted by Crippen LogP contribution is -2.48. The largest absolute Gasteiger partial charge is 0.340 e. The molecule has 4 rings (SSSR count). The molecule has 0 aliphatic carbocycles. The van der Waals surface area contributed by atoms with Crippen LogP contribution in [0, 0.1) is 11.6 Å². The van der Waals surface area contributed by atoms with Crippen LogP contribution < -0.4 is 0 Å². The third-order valence-electron chi connectivity index (χ3n) is 4.96. The molecule has 1 aliphatic rings. The van der Waals surface area contributed by atoms with Crippen molar-refractivity contribution in [2.45, 2.75) is 13.0 Å². The quantitative estimate of drug-likeness (QED) is 0.656. The van der Waals surface area contributed by atoms with Crippen LogP contribution >= 0.6 is 0 Å². The maximum Gasteiger partial charge on any atom is 0.227 e. The molecule has 29 heavy (non-hydrogen) atoms. The molecular weight excluding hydrogens is 378 g/mol. The van der Waals surface area contributed by atoms with E-state index in [0.29, 0.717) is 44.2 Å². The molecule has 0 spiro atoms. The number of carbonyl (C=O) groups is 1. The first-order valence-electron chi connectivity index (χ1n) is 9.36. The number of aromatic nitrogens is 4. The molecule has 0 N–H and O–H groups in total. The number of rotatable bonds is 5. The van der Waals surface area contributed by atoms with Crippen molar-refractivity contribution in [2.24, 2.45) is 0 Å². The van der Waals surface area contributed by atoms with Gasteiger partial charge in [-0.15, -0.1) is 5.10 Å². The summed E-state index contributed by atoms with van der Waals surface area (Å²) in [4.78, 5) is 16.5. The second-order valence-corrected chi connectivity index (χ2v) is 6.94. The molecule has 0 atom stereocenters. The smallest absolute Gasteiger partial charge is 0.227 e. The summed E-state index contributed by atoms with van der Waals surface area (Å²) in [6.07, 6.45) is 0.267. The van der Waals surface area contributed by atoms with Gasteiger partial charge >= 0.3 is 0 Å². The van der Waals surface area contributed by atoms with Crippen LogP contribution in [0.4, 0.5) is 8.78 Å². The summed E-state index contributed by atoms with van der Waals surface area (Å²) in [7, 11) is 0. The number of nitrogens with zero attached hydrogens (tertiary/aromatic N) is 6. The average molecular weight is 398 g/mol. The summed E-state index contributed by atoms with van der Waals surface area (Å²) in [5, 5.41) is 11.8. The number of hydrogen-bond donors (Lipinski definition) is 0. The van der Waals surface area contributed by atoms with Crippen LogP contribution in [0.5, 0.6) is 0 Å². The zero-order valence-corrected chi connectivity index (χ0v) is 15.7. The Morgan fingerprint density at radius 1 is 0.897 bits per heavy atom. The number of carbonyl (C=O) groups excluding carboxylic acids is 1. The maximum absolute atomic E-state index is 13.1. The lowest BCUT2D eigenvalue weighted by atomic mass is 10.1. The average Bonchev–Trinajstić information content (AvgIpc) is 3.19. The molecule has 150 valence electrons. The second kappa shape index (κ2) is 8.44. The highest BCUT2D eigenvalue weighted by atomic mass is 19.1. The molecule has 0 unspecified atom stereocenters. The predicted octanol–water partition coefficient (Wildman–Crippen LogP) is 1.83. The Hall–Kier alpha value is -3.20.